The number of amides is 1. The summed E-state index contributed by atoms with van der Waals surface area (Å²) in [5.74, 6) is -1.04. The number of methoxy groups -OCH3 is 1. The molecule has 7 heteroatoms. The molecular weight excluding hydrogens is 244 g/mol. The van der Waals surface area contributed by atoms with Crippen molar-refractivity contribution >= 4 is 23.6 Å². The average molecular weight is 264 g/mol. The van der Waals surface area contributed by atoms with Gasteiger partial charge in [-0.15, -0.1) is 11.8 Å². The molecule has 100 valence electrons. The number of nitrogens with two attached hydrogens (primary N) is 1. The van der Waals surface area contributed by atoms with Crippen LogP contribution < -0.4 is 11.1 Å². The summed E-state index contributed by atoms with van der Waals surface area (Å²) in [7, 11) is 1.55. The van der Waals surface area contributed by atoms with Gasteiger partial charge in [0.25, 0.3) is 0 Å². The maximum Gasteiger partial charge on any atom is 0.321 e. The van der Waals surface area contributed by atoms with Crippen LogP contribution in [0, 0.1) is 0 Å². The summed E-state index contributed by atoms with van der Waals surface area (Å²) < 4.78 is 4.10. The number of carboxylic acid groups (broad SMARTS) is 1. The van der Waals surface area contributed by atoms with Crippen LogP contribution in [0.4, 0.5) is 0 Å². The van der Waals surface area contributed by atoms with Crippen LogP contribution in [0.15, 0.2) is 0 Å². The fourth-order valence-corrected chi connectivity index (χ4v) is 1.87. The number of carbonyl (C=O) groups excluding carboxylic acids is 1. The van der Waals surface area contributed by atoms with Crippen LogP contribution in [-0.4, -0.2) is 53.8 Å². The van der Waals surface area contributed by atoms with E-state index in [4.69, 9.17) is 15.6 Å². The van der Waals surface area contributed by atoms with E-state index >= 15 is 0 Å². The molecule has 0 saturated carbocycles. The van der Waals surface area contributed by atoms with Crippen LogP contribution in [-0.2, 0) is 14.3 Å². The van der Waals surface area contributed by atoms with Gasteiger partial charge in [0.2, 0.25) is 5.91 Å². The van der Waals surface area contributed by atoms with Gasteiger partial charge in [-0.25, -0.2) is 0 Å². The van der Waals surface area contributed by atoms with Crippen LogP contribution >= 0.6 is 11.8 Å². The Kier molecular flexibility index (Phi) is 7.17. The molecule has 0 rings (SSSR count). The zero-order chi connectivity index (χ0) is 13.5. The number of carbonyl (C=O) groups is 2. The van der Waals surface area contributed by atoms with Crippen LogP contribution in [0.2, 0.25) is 0 Å². The number of aliphatic carboxylic acids is 1. The monoisotopic (exact) mass is 264 g/mol. The normalized spacial score (nSPS) is 13.2. The van der Waals surface area contributed by atoms with E-state index < -0.39 is 16.8 Å². The number of carboxylic acids is 1. The van der Waals surface area contributed by atoms with Crippen LogP contribution in [0.5, 0.6) is 0 Å². The largest absolute Gasteiger partial charge is 0.480 e. The highest BCUT2D eigenvalue weighted by Crippen LogP contribution is 2.27. The van der Waals surface area contributed by atoms with Crippen molar-refractivity contribution in [1.82, 2.24) is 5.32 Å². The quantitative estimate of drug-likeness (QED) is 0.519. The molecule has 0 aromatic heterocycles. The van der Waals surface area contributed by atoms with E-state index in [0.717, 1.165) is 0 Å². The summed E-state index contributed by atoms with van der Waals surface area (Å²) in [6.07, 6.45) is 0. The Balaban J connectivity index is 4.00. The zero-order valence-electron chi connectivity index (χ0n) is 10.4. The summed E-state index contributed by atoms with van der Waals surface area (Å²) in [5, 5.41) is 11.5. The van der Waals surface area contributed by atoms with Crippen molar-refractivity contribution in [2.45, 2.75) is 24.6 Å². The van der Waals surface area contributed by atoms with Crippen molar-refractivity contribution in [2.75, 3.05) is 26.0 Å². The minimum atomic E-state index is -1.07. The smallest absolute Gasteiger partial charge is 0.321 e. The number of hydrogen-bond acceptors (Lipinski definition) is 5. The topological polar surface area (TPSA) is 102 Å². The fraction of sp³-hybridized carbons (Fsp3) is 0.800. The van der Waals surface area contributed by atoms with Gasteiger partial charge in [-0.2, -0.15) is 0 Å². The summed E-state index contributed by atoms with van der Waals surface area (Å²) in [4.78, 5) is 22.1. The maximum atomic E-state index is 11.4. The lowest BCUT2D eigenvalue weighted by molar-refractivity contribution is -0.139. The third-order valence-electron chi connectivity index (χ3n) is 2.22. The minimum Gasteiger partial charge on any atom is -0.480 e. The van der Waals surface area contributed by atoms with Crippen LogP contribution in [0.1, 0.15) is 13.8 Å². The van der Waals surface area contributed by atoms with Gasteiger partial charge < -0.3 is 20.9 Å². The molecule has 0 unspecified atom stereocenters. The molecule has 4 N–H and O–H groups in total. The van der Waals surface area contributed by atoms with Crippen molar-refractivity contribution in [3.63, 3.8) is 0 Å². The summed E-state index contributed by atoms with van der Waals surface area (Å²) in [6, 6.07) is -1.00. The molecule has 0 spiro atoms. The second kappa shape index (κ2) is 7.52. The first-order valence-corrected chi connectivity index (χ1v) is 6.17. The first-order valence-electron chi connectivity index (χ1n) is 5.19. The molecule has 0 radical (unpaired) electrons. The molecule has 0 fully saturated rings. The molecule has 1 amide bonds. The first-order chi connectivity index (χ1) is 7.81. The van der Waals surface area contributed by atoms with E-state index in [1.807, 2.05) is 0 Å². The Morgan fingerprint density at radius 2 is 2.12 bits per heavy atom. The van der Waals surface area contributed by atoms with Gasteiger partial charge in [0.1, 0.15) is 6.04 Å². The predicted octanol–water partition coefficient (Wildman–Crippen LogP) is -0.327. The van der Waals surface area contributed by atoms with Crippen molar-refractivity contribution in [1.29, 1.82) is 0 Å². The standard InChI is InChI=1S/C10H20N2O4S/c1-10(2,8(11)9(14)15)17-6-7(13)12-4-5-16-3/h8H,4-6,11H2,1-3H3,(H,12,13)(H,14,15)/t8-/m0/s1. The molecule has 17 heavy (non-hydrogen) atoms. The van der Waals surface area contributed by atoms with Gasteiger partial charge in [0, 0.05) is 18.4 Å². The fourth-order valence-electron chi connectivity index (χ4n) is 0.982. The maximum absolute atomic E-state index is 11.4. The summed E-state index contributed by atoms with van der Waals surface area (Å²) in [5.41, 5.74) is 5.53. The lowest BCUT2D eigenvalue weighted by Crippen LogP contribution is -2.47. The van der Waals surface area contributed by atoms with Gasteiger partial charge in [0.05, 0.1) is 12.4 Å². The lowest BCUT2D eigenvalue weighted by atomic mass is 10.1. The second-order valence-electron chi connectivity index (χ2n) is 4.05. The highest BCUT2D eigenvalue weighted by molar-refractivity contribution is 8.01. The lowest BCUT2D eigenvalue weighted by Gasteiger charge is -2.27. The Labute approximate surface area is 105 Å². The first kappa shape index (κ1) is 16.2. The van der Waals surface area contributed by atoms with E-state index in [1.165, 1.54) is 11.8 Å². The molecule has 0 aromatic rings. The van der Waals surface area contributed by atoms with Crippen molar-refractivity contribution in [3.05, 3.63) is 0 Å². The number of nitrogens with one attached hydrogen (secondary N) is 1. The van der Waals surface area contributed by atoms with Gasteiger partial charge in [-0.05, 0) is 13.8 Å². The predicted molar refractivity (Wildman–Crippen MR) is 67.0 cm³/mol. The molecule has 0 aromatic carbocycles. The molecule has 0 bridgehead atoms. The minimum absolute atomic E-state index is 0.155. The number of ether oxygens (including phenoxy) is 1. The second-order valence-corrected chi connectivity index (χ2v) is 5.68. The van der Waals surface area contributed by atoms with Crippen molar-refractivity contribution < 1.29 is 19.4 Å². The molecule has 6 nitrogen and oxygen atoms in total. The number of thioether (sulfide) groups is 1. The van der Waals surface area contributed by atoms with Gasteiger partial charge in [-0.3, -0.25) is 9.59 Å². The molecule has 1 atom stereocenters. The van der Waals surface area contributed by atoms with Crippen LogP contribution in [0.25, 0.3) is 0 Å². The third-order valence-corrected chi connectivity index (χ3v) is 3.62. The molecular formula is C10H20N2O4S. The van der Waals surface area contributed by atoms with Gasteiger partial charge >= 0.3 is 5.97 Å². The number of hydrogen-bond donors (Lipinski definition) is 3. The van der Waals surface area contributed by atoms with E-state index in [0.29, 0.717) is 13.2 Å². The Morgan fingerprint density at radius 1 is 1.53 bits per heavy atom. The van der Waals surface area contributed by atoms with E-state index in [1.54, 1.807) is 21.0 Å². The molecule has 0 heterocycles. The van der Waals surface area contributed by atoms with E-state index in [9.17, 15) is 9.59 Å². The Bertz CT molecular complexity index is 271. The molecule has 0 aliphatic carbocycles. The molecule has 0 aliphatic rings. The highest BCUT2D eigenvalue weighted by atomic mass is 32.2. The van der Waals surface area contributed by atoms with Gasteiger partial charge in [0.15, 0.2) is 0 Å². The van der Waals surface area contributed by atoms with Crippen molar-refractivity contribution in [2.24, 2.45) is 5.73 Å². The SMILES string of the molecule is COCCNC(=O)CSC(C)(C)[C@@H](N)C(=O)O. The summed E-state index contributed by atoms with van der Waals surface area (Å²) >= 11 is 1.22. The van der Waals surface area contributed by atoms with E-state index in [2.05, 4.69) is 5.32 Å². The summed E-state index contributed by atoms with van der Waals surface area (Å²) in [6.45, 7) is 4.31. The highest BCUT2D eigenvalue weighted by Gasteiger charge is 2.32. The van der Waals surface area contributed by atoms with E-state index in [-0.39, 0.29) is 11.7 Å². The average Bonchev–Trinajstić information content (AvgIpc) is 2.25. The van der Waals surface area contributed by atoms with Crippen molar-refractivity contribution in [3.8, 4) is 0 Å². The zero-order valence-corrected chi connectivity index (χ0v) is 11.2. The Morgan fingerprint density at radius 3 is 2.59 bits per heavy atom. The molecule has 0 saturated heterocycles. The third kappa shape index (κ3) is 6.50. The van der Waals surface area contributed by atoms with Gasteiger partial charge in [-0.1, -0.05) is 0 Å². The molecule has 0 aliphatic heterocycles. The Hall–Kier alpha value is -0.790. The van der Waals surface area contributed by atoms with Crippen LogP contribution in [0.3, 0.4) is 0 Å². The number of rotatable bonds is 8.